The number of thiazole rings is 1. The molecule has 1 heterocycles. The Morgan fingerprint density at radius 2 is 1.93 bits per heavy atom. The number of ether oxygens (including phenoxy) is 1. The minimum absolute atomic E-state index is 0.0464. The van der Waals surface area contributed by atoms with Crippen LogP contribution in [-0.4, -0.2) is 23.8 Å². The lowest BCUT2D eigenvalue weighted by Crippen LogP contribution is -2.24. The Bertz CT molecular complexity index is 880. The topological polar surface area (TPSA) is 51.2 Å². The molecule has 0 saturated carbocycles. The predicted molar refractivity (Wildman–Crippen MR) is 109 cm³/mol. The van der Waals surface area contributed by atoms with Gasteiger partial charge in [0, 0.05) is 23.2 Å². The molecule has 140 valence electrons. The van der Waals surface area contributed by atoms with Crippen molar-refractivity contribution in [2.45, 2.75) is 12.3 Å². The fourth-order valence-corrected chi connectivity index (χ4v) is 4.02. The summed E-state index contributed by atoms with van der Waals surface area (Å²) >= 11 is 3.11. The lowest BCUT2D eigenvalue weighted by atomic mass is 10.2. The van der Waals surface area contributed by atoms with Gasteiger partial charge in [0.05, 0.1) is 18.6 Å². The molecule has 0 radical (unpaired) electrons. The maximum atomic E-state index is 12.9. The van der Waals surface area contributed by atoms with Crippen molar-refractivity contribution in [3.63, 3.8) is 0 Å². The third-order valence-corrected chi connectivity index (χ3v) is 5.68. The van der Waals surface area contributed by atoms with Crippen molar-refractivity contribution in [3.05, 3.63) is 71.0 Å². The zero-order valence-electron chi connectivity index (χ0n) is 14.8. The molecule has 1 amide bonds. The fourth-order valence-electron chi connectivity index (χ4n) is 2.34. The second kappa shape index (κ2) is 9.53. The number of benzene rings is 2. The number of carbonyl (C=O) groups is 1. The molecule has 0 aliphatic rings. The van der Waals surface area contributed by atoms with E-state index in [9.17, 15) is 9.18 Å². The van der Waals surface area contributed by atoms with Gasteiger partial charge in [0.2, 0.25) is 5.91 Å². The SMILES string of the molecule is COc1ccc(-c2nc(CSCC(=O)NCc3ccc(F)cc3)cs2)cc1. The van der Waals surface area contributed by atoms with E-state index in [2.05, 4.69) is 10.3 Å². The number of aromatic nitrogens is 1. The van der Waals surface area contributed by atoms with E-state index in [0.717, 1.165) is 27.6 Å². The summed E-state index contributed by atoms with van der Waals surface area (Å²) < 4.78 is 18.0. The van der Waals surface area contributed by atoms with E-state index in [-0.39, 0.29) is 11.7 Å². The van der Waals surface area contributed by atoms with Gasteiger partial charge in [-0.25, -0.2) is 9.37 Å². The molecule has 3 aromatic rings. The highest BCUT2D eigenvalue weighted by Gasteiger charge is 2.07. The van der Waals surface area contributed by atoms with Crippen LogP contribution in [0.15, 0.2) is 53.9 Å². The summed E-state index contributed by atoms with van der Waals surface area (Å²) in [7, 11) is 1.64. The zero-order chi connectivity index (χ0) is 19.1. The molecule has 0 atom stereocenters. The first-order valence-corrected chi connectivity index (χ1v) is 10.3. The van der Waals surface area contributed by atoms with Crippen molar-refractivity contribution in [3.8, 4) is 16.3 Å². The summed E-state index contributed by atoms with van der Waals surface area (Å²) in [5.41, 5.74) is 2.88. The van der Waals surface area contributed by atoms with Gasteiger partial charge < -0.3 is 10.1 Å². The molecule has 27 heavy (non-hydrogen) atoms. The number of hydrogen-bond donors (Lipinski definition) is 1. The third kappa shape index (κ3) is 5.80. The minimum Gasteiger partial charge on any atom is -0.497 e. The quantitative estimate of drug-likeness (QED) is 0.602. The van der Waals surface area contributed by atoms with Crippen molar-refractivity contribution >= 4 is 29.0 Å². The number of carbonyl (C=O) groups excluding carboxylic acids is 1. The van der Waals surface area contributed by atoms with Crippen LogP contribution in [0, 0.1) is 5.82 Å². The molecule has 4 nitrogen and oxygen atoms in total. The van der Waals surface area contributed by atoms with Gasteiger partial charge in [-0.1, -0.05) is 12.1 Å². The Labute approximate surface area is 165 Å². The van der Waals surface area contributed by atoms with Crippen LogP contribution in [0.4, 0.5) is 4.39 Å². The molecule has 0 aliphatic carbocycles. The average molecular weight is 403 g/mol. The summed E-state index contributed by atoms with van der Waals surface area (Å²) in [6, 6.07) is 13.9. The van der Waals surface area contributed by atoms with Gasteiger partial charge in [-0.3, -0.25) is 4.79 Å². The second-order valence-electron chi connectivity index (χ2n) is 5.77. The number of rotatable bonds is 8. The Kier molecular flexibility index (Phi) is 6.84. The Morgan fingerprint density at radius 1 is 1.19 bits per heavy atom. The Hall–Kier alpha value is -2.38. The first kappa shape index (κ1) is 19.4. The smallest absolute Gasteiger partial charge is 0.230 e. The van der Waals surface area contributed by atoms with Gasteiger partial charge in [-0.05, 0) is 42.0 Å². The van der Waals surface area contributed by atoms with Gasteiger partial charge in [-0.15, -0.1) is 23.1 Å². The average Bonchev–Trinajstić information content (AvgIpc) is 3.16. The van der Waals surface area contributed by atoms with Crippen molar-refractivity contribution in [1.29, 1.82) is 0 Å². The molecule has 0 unspecified atom stereocenters. The zero-order valence-corrected chi connectivity index (χ0v) is 16.4. The fraction of sp³-hybridized carbons (Fsp3) is 0.200. The Morgan fingerprint density at radius 3 is 2.63 bits per heavy atom. The van der Waals surface area contributed by atoms with Crippen LogP contribution < -0.4 is 10.1 Å². The summed E-state index contributed by atoms with van der Waals surface area (Å²) in [5, 5.41) is 5.80. The number of halogens is 1. The Balaban J connectivity index is 1.43. The van der Waals surface area contributed by atoms with E-state index in [1.54, 1.807) is 30.6 Å². The highest BCUT2D eigenvalue weighted by Crippen LogP contribution is 2.27. The van der Waals surface area contributed by atoms with Crippen molar-refractivity contribution in [2.24, 2.45) is 0 Å². The molecule has 1 aromatic heterocycles. The summed E-state index contributed by atoms with van der Waals surface area (Å²) in [6.07, 6.45) is 0. The first-order chi connectivity index (χ1) is 13.1. The molecule has 0 fully saturated rings. The van der Waals surface area contributed by atoms with Crippen LogP contribution in [0.25, 0.3) is 10.6 Å². The molecule has 0 spiro atoms. The molecule has 7 heteroatoms. The minimum atomic E-state index is -0.280. The molecule has 0 aliphatic heterocycles. The standard InChI is InChI=1S/C20H19FN2O2S2/c1-25-18-8-4-15(5-9-18)20-23-17(12-27-20)11-26-13-19(24)22-10-14-2-6-16(21)7-3-14/h2-9,12H,10-11,13H2,1H3,(H,22,24). The largest absolute Gasteiger partial charge is 0.497 e. The lowest BCUT2D eigenvalue weighted by Gasteiger charge is -2.05. The summed E-state index contributed by atoms with van der Waals surface area (Å²) in [4.78, 5) is 16.5. The number of methoxy groups -OCH3 is 1. The highest BCUT2D eigenvalue weighted by molar-refractivity contribution is 7.99. The first-order valence-electron chi connectivity index (χ1n) is 8.32. The van der Waals surface area contributed by atoms with Crippen molar-refractivity contribution < 1.29 is 13.9 Å². The maximum Gasteiger partial charge on any atom is 0.230 e. The predicted octanol–water partition coefficient (Wildman–Crippen LogP) is 4.51. The van der Waals surface area contributed by atoms with E-state index < -0.39 is 0 Å². The van der Waals surface area contributed by atoms with E-state index >= 15 is 0 Å². The summed E-state index contributed by atoms with van der Waals surface area (Å²) in [6.45, 7) is 0.401. The van der Waals surface area contributed by atoms with E-state index in [0.29, 0.717) is 18.1 Å². The van der Waals surface area contributed by atoms with Gasteiger partial charge in [0.1, 0.15) is 16.6 Å². The van der Waals surface area contributed by atoms with Crippen molar-refractivity contribution in [2.75, 3.05) is 12.9 Å². The van der Waals surface area contributed by atoms with Crippen molar-refractivity contribution in [1.82, 2.24) is 10.3 Å². The van der Waals surface area contributed by atoms with Gasteiger partial charge in [0.15, 0.2) is 0 Å². The molecule has 3 rings (SSSR count). The highest BCUT2D eigenvalue weighted by atomic mass is 32.2. The van der Waals surface area contributed by atoms with Crippen LogP contribution in [0.2, 0.25) is 0 Å². The number of nitrogens with zero attached hydrogens (tertiary/aromatic N) is 1. The molecular weight excluding hydrogens is 383 g/mol. The van der Waals surface area contributed by atoms with E-state index in [4.69, 9.17) is 4.74 Å². The van der Waals surface area contributed by atoms with Crippen LogP contribution in [0.5, 0.6) is 5.75 Å². The summed E-state index contributed by atoms with van der Waals surface area (Å²) in [5.74, 6) is 1.53. The van der Waals surface area contributed by atoms with E-state index in [1.807, 2.05) is 29.6 Å². The number of nitrogens with one attached hydrogen (secondary N) is 1. The van der Waals surface area contributed by atoms with Gasteiger partial charge >= 0.3 is 0 Å². The van der Waals surface area contributed by atoms with Crippen LogP contribution >= 0.6 is 23.1 Å². The second-order valence-corrected chi connectivity index (χ2v) is 7.61. The van der Waals surface area contributed by atoms with Crippen LogP contribution in [0.1, 0.15) is 11.3 Å². The van der Waals surface area contributed by atoms with E-state index in [1.165, 1.54) is 23.9 Å². The molecule has 1 N–H and O–H groups in total. The molecule has 2 aromatic carbocycles. The molecule has 0 bridgehead atoms. The van der Waals surface area contributed by atoms with Gasteiger partial charge in [-0.2, -0.15) is 0 Å². The molecular formula is C20H19FN2O2S2. The number of thioether (sulfide) groups is 1. The number of amides is 1. The third-order valence-electron chi connectivity index (χ3n) is 3.77. The molecule has 0 saturated heterocycles. The van der Waals surface area contributed by atoms with Crippen LogP contribution in [-0.2, 0) is 17.1 Å². The monoisotopic (exact) mass is 402 g/mol. The lowest BCUT2D eigenvalue weighted by molar-refractivity contribution is -0.118. The van der Waals surface area contributed by atoms with Gasteiger partial charge in [0.25, 0.3) is 0 Å². The normalized spacial score (nSPS) is 10.6. The maximum absolute atomic E-state index is 12.9. The number of hydrogen-bond acceptors (Lipinski definition) is 5. The van der Waals surface area contributed by atoms with Crippen LogP contribution in [0.3, 0.4) is 0 Å².